The zero-order chi connectivity index (χ0) is 22.6. The molecule has 0 saturated carbocycles. The van der Waals surface area contributed by atoms with Gasteiger partial charge in [-0.25, -0.2) is 14.9 Å². The Balaban J connectivity index is 2.89. The van der Waals surface area contributed by atoms with Crippen molar-refractivity contribution in [1.82, 2.24) is 15.5 Å². The Kier molecular flexibility index (Phi) is 10.9. The number of nitrogens with one attached hydrogen (secondary N) is 1. The van der Waals surface area contributed by atoms with Crippen LogP contribution in [0.25, 0.3) is 0 Å². The summed E-state index contributed by atoms with van der Waals surface area (Å²) in [6, 6.07) is 9.60. The van der Waals surface area contributed by atoms with Gasteiger partial charge in [-0.1, -0.05) is 56.5 Å². The lowest BCUT2D eigenvalue weighted by atomic mass is 10.0. The number of ether oxygens (including phenoxy) is 1. The Labute approximate surface area is 179 Å². The van der Waals surface area contributed by atoms with Gasteiger partial charge in [0.25, 0.3) is 0 Å². The highest BCUT2D eigenvalue weighted by Gasteiger charge is 2.27. The van der Waals surface area contributed by atoms with Crippen molar-refractivity contribution in [3.8, 4) is 0 Å². The molecule has 1 atom stereocenters. The molecule has 0 aliphatic rings. The highest BCUT2D eigenvalue weighted by Crippen LogP contribution is 2.14. The first-order valence-corrected chi connectivity index (χ1v) is 10.4. The molecule has 8 nitrogen and oxygen atoms in total. The molecule has 168 valence electrons. The molecule has 0 aliphatic heterocycles. The van der Waals surface area contributed by atoms with Crippen molar-refractivity contribution in [2.45, 2.75) is 65.4 Å². The van der Waals surface area contributed by atoms with E-state index in [9.17, 15) is 19.6 Å². The van der Waals surface area contributed by atoms with Crippen molar-refractivity contribution in [2.24, 2.45) is 5.92 Å². The maximum atomic E-state index is 12.9. The zero-order valence-corrected chi connectivity index (χ0v) is 18.5. The Bertz CT molecular complexity index is 660. The van der Waals surface area contributed by atoms with Crippen molar-refractivity contribution >= 4 is 18.4 Å². The summed E-state index contributed by atoms with van der Waals surface area (Å²) >= 11 is 0. The Morgan fingerprint density at radius 3 is 2.43 bits per heavy atom. The van der Waals surface area contributed by atoms with Crippen LogP contribution >= 0.6 is 0 Å². The standard InChI is InChI=1S/C22H35N3O5/c1-5-6-8-13-19(16-24(29)17-26)20(27)23-25(21(28)30-22(2,3)4)15-14-18-11-9-7-10-12-18/h7,9-12,17,19,29H,5-6,8,13-16H2,1-4H3,(H,23,27). The second kappa shape index (κ2) is 12.8. The van der Waals surface area contributed by atoms with Crippen LogP contribution in [-0.2, 0) is 20.7 Å². The van der Waals surface area contributed by atoms with Gasteiger partial charge in [-0.05, 0) is 39.2 Å². The van der Waals surface area contributed by atoms with E-state index in [1.165, 1.54) is 0 Å². The molecule has 0 aromatic heterocycles. The third-order valence-electron chi connectivity index (χ3n) is 4.38. The molecular formula is C22H35N3O5. The zero-order valence-electron chi connectivity index (χ0n) is 18.5. The Hall–Kier alpha value is -2.61. The lowest BCUT2D eigenvalue weighted by Crippen LogP contribution is -2.52. The van der Waals surface area contributed by atoms with Crippen molar-refractivity contribution in [1.29, 1.82) is 0 Å². The maximum absolute atomic E-state index is 12.9. The Morgan fingerprint density at radius 2 is 1.87 bits per heavy atom. The van der Waals surface area contributed by atoms with E-state index in [1.54, 1.807) is 20.8 Å². The van der Waals surface area contributed by atoms with E-state index in [2.05, 4.69) is 5.43 Å². The van der Waals surface area contributed by atoms with Gasteiger partial charge in [0.1, 0.15) is 5.60 Å². The van der Waals surface area contributed by atoms with Crippen LogP contribution in [0.15, 0.2) is 30.3 Å². The van der Waals surface area contributed by atoms with E-state index >= 15 is 0 Å². The van der Waals surface area contributed by atoms with E-state index < -0.39 is 23.5 Å². The number of hydrogen-bond acceptors (Lipinski definition) is 5. The quantitative estimate of drug-likeness (QED) is 0.246. The molecule has 1 aromatic rings. The lowest BCUT2D eigenvalue weighted by Gasteiger charge is -2.29. The maximum Gasteiger partial charge on any atom is 0.429 e. The third-order valence-corrected chi connectivity index (χ3v) is 4.38. The monoisotopic (exact) mass is 421 g/mol. The second-order valence-electron chi connectivity index (χ2n) is 8.26. The molecule has 0 aliphatic carbocycles. The van der Waals surface area contributed by atoms with Crippen LogP contribution in [0.4, 0.5) is 4.79 Å². The molecule has 3 amide bonds. The number of benzene rings is 1. The number of nitrogens with zero attached hydrogens (tertiary/aromatic N) is 2. The predicted molar refractivity (Wildman–Crippen MR) is 113 cm³/mol. The summed E-state index contributed by atoms with van der Waals surface area (Å²) in [5.41, 5.74) is 2.93. The minimum Gasteiger partial charge on any atom is -0.442 e. The normalized spacial score (nSPS) is 12.0. The van der Waals surface area contributed by atoms with Gasteiger partial charge in [0.15, 0.2) is 0 Å². The fourth-order valence-electron chi connectivity index (χ4n) is 2.83. The number of carbonyl (C=O) groups excluding carboxylic acids is 3. The number of unbranched alkanes of at least 4 members (excludes halogenated alkanes) is 2. The van der Waals surface area contributed by atoms with Gasteiger partial charge in [-0.2, -0.15) is 0 Å². The third kappa shape index (κ3) is 10.2. The Morgan fingerprint density at radius 1 is 1.20 bits per heavy atom. The van der Waals surface area contributed by atoms with Gasteiger partial charge in [-0.3, -0.25) is 20.2 Å². The molecule has 0 bridgehead atoms. The van der Waals surface area contributed by atoms with E-state index in [1.807, 2.05) is 37.3 Å². The molecule has 2 N–H and O–H groups in total. The van der Waals surface area contributed by atoms with Crippen LogP contribution in [-0.4, -0.2) is 52.4 Å². The second-order valence-corrected chi connectivity index (χ2v) is 8.26. The van der Waals surface area contributed by atoms with Crippen molar-refractivity contribution in [3.05, 3.63) is 35.9 Å². The first kappa shape index (κ1) is 25.4. The van der Waals surface area contributed by atoms with E-state index in [0.29, 0.717) is 17.9 Å². The van der Waals surface area contributed by atoms with E-state index in [4.69, 9.17) is 4.74 Å². The molecule has 30 heavy (non-hydrogen) atoms. The first-order chi connectivity index (χ1) is 14.2. The van der Waals surface area contributed by atoms with Crippen LogP contribution in [0.1, 0.15) is 58.9 Å². The molecule has 0 saturated heterocycles. The molecular weight excluding hydrogens is 386 g/mol. The minimum absolute atomic E-state index is 0.139. The van der Waals surface area contributed by atoms with Crippen LogP contribution in [0.3, 0.4) is 0 Å². The molecule has 1 aromatic carbocycles. The molecule has 0 spiro atoms. The summed E-state index contributed by atoms with van der Waals surface area (Å²) in [7, 11) is 0. The van der Waals surface area contributed by atoms with Crippen LogP contribution < -0.4 is 5.43 Å². The number of hydrazine groups is 1. The van der Waals surface area contributed by atoms with Crippen molar-refractivity contribution < 1.29 is 24.3 Å². The fourth-order valence-corrected chi connectivity index (χ4v) is 2.83. The van der Waals surface area contributed by atoms with E-state index in [0.717, 1.165) is 29.8 Å². The molecule has 1 unspecified atom stereocenters. The van der Waals surface area contributed by atoms with Crippen LogP contribution in [0.2, 0.25) is 0 Å². The number of carbonyl (C=O) groups is 3. The smallest absolute Gasteiger partial charge is 0.429 e. The minimum atomic E-state index is -0.716. The first-order valence-electron chi connectivity index (χ1n) is 10.4. The summed E-state index contributed by atoms with van der Waals surface area (Å²) < 4.78 is 5.43. The van der Waals surface area contributed by atoms with E-state index in [-0.39, 0.29) is 19.5 Å². The molecule has 0 fully saturated rings. The van der Waals surface area contributed by atoms with Crippen LogP contribution in [0, 0.1) is 5.92 Å². The largest absolute Gasteiger partial charge is 0.442 e. The summed E-state index contributed by atoms with van der Waals surface area (Å²) in [5.74, 6) is -1.08. The summed E-state index contributed by atoms with van der Waals surface area (Å²) in [5, 5.41) is 11.2. The highest BCUT2D eigenvalue weighted by molar-refractivity contribution is 5.81. The summed E-state index contributed by atoms with van der Waals surface area (Å²) in [6.07, 6.45) is 3.31. The fraction of sp³-hybridized carbons (Fsp3) is 0.591. The molecule has 0 heterocycles. The van der Waals surface area contributed by atoms with Gasteiger partial charge in [0, 0.05) is 6.54 Å². The van der Waals surface area contributed by atoms with Gasteiger partial charge >= 0.3 is 6.09 Å². The van der Waals surface area contributed by atoms with Gasteiger partial charge in [-0.15, -0.1) is 0 Å². The lowest BCUT2D eigenvalue weighted by molar-refractivity contribution is -0.155. The van der Waals surface area contributed by atoms with Gasteiger partial charge in [0.2, 0.25) is 12.3 Å². The molecule has 1 rings (SSSR count). The van der Waals surface area contributed by atoms with Gasteiger partial charge in [0.05, 0.1) is 12.5 Å². The van der Waals surface area contributed by atoms with Gasteiger partial charge < -0.3 is 4.74 Å². The number of amides is 3. The predicted octanol–water partition coefficient (Wildman–Crippen LogP) is 3.54. The summed E-state index contributed by atoms with van der Waals surface area (Å²) in [6.45, 7) is 7.39. The van der Waals surface area contributed by atoms with Crippen molar-refractivity contribution in [3.63, 3.8) is 0 Å². The van der Waals surface area contributed by atoms with Crippen LogP contribution in [0.5, 0.6) is 0 Å². The average molecular weight is 422 g/mol. The molecule has 0 radical (unpaired) electrons. The topological polar surface area (TPSA) is 99.2 Å². The SMILES string of the molecule is CCCCCC(CN(O)C=O)C(=O)NN(CCc1ccccc1)C(=O)OC(C)(C)C. The molecule has 8 heteroatoms. The number of hydrogen-bond donors (Lipinski definition) is 2. The highest BCUT2D eigenvalue weighted by atomic mass is 16.6. The average Bonchev–Trinajstić information content (AvgIpc) is 2.69. The van der Waals surface area contributed by atoms with Crippen molar-refractivity contribution in [2.75, 3.05) is 13.1 Å². The number of rotatable bonds is 11. The summed E-state index contributed by atoms with van der Waals surface area (Å²) in [4.78, 5) is 36.3. The number of hydroxylamine groups is 2.